The van der Waals surface area contributed by atoms with Gasteiger partial charge in [0.2, 0.25) is 5.91 Å². The van der Waals surface area contributed by atoms with Crippen LogP contribution in [0.4, 0.5) is 11.4 Å². The topological polar surface area (TPSA) is 66.7 Å². The van der Waals surface area contributed by atoms with Crippen LogP contribution in [0.5, 0.6) is 0 Å². The van der Waals surface area contributed by atoms with Gasteiger partial charge in [0.1, 0.15) is 6.17 Å². The van der Waals surface area contributed by atoms with Crippen LogP contribution >= 0.6 is 23.2 Å². The van der Waals surface area contributed by atoms with Gasteiger partial charge in [-0.25, -0.2) is 0 Å². The molecule has 2 heterocycles. The molecule has 0 bridgehead atoms. The van der Waals surface area contributed by atoms with Crippen molar-refractivity contribution in [2.24, 2.45) is 0 Å². The summed E-state index contributed by atoms with van der Waals surface area (Å²) < 4.78 is 0. The van der Waals surface area contributed by atoms with Crippen LogP contribution in [0.1, 0.15) is 24.6 Å². The molecule has 6 nitrogen and oxygen atoms in total. The normalized spacial score (nSPS) is 22.7. The van der Waals surface area contributed by atoms with Crippen LogP contribution in [-0.4, -0.2) is 28.3 Å². The number of para-hydroxylation sites is 1. The van der Waals surface area contributed by atoms with Crippen molar-refractivity contribution in [3.8, 4) is 0 Å². The van der Waals surface area contributed by atoms with Crippen molar-refractivity contribution < 1.29 is 9.72 Å². The average Bonchev–Trinajstić information content (AvgIpc) is 3.20. The van der Waals surface area contributed by atoms with Gasteiger partial charge in [0, 0.05) is 18.3 Å². The van der Waals surface area contributed by atoms with E-state index in [-0.39, 0.29) is 17.6 Å². The highest BCUT2D eigenvalue weighted by atomic mass is 35.5. The van der Waals surface area contributed by atoms with E-state index in [0.29, 0.717) is 27.8 Å². The van der Waals surface area contributed by atoms with Gasteiger partial charge < -0.3 is 0 Å². The summed E-state index contributed by atoms with van der Waals surface area (Å²) in [6.07, 6.45) is 1.10. The lowest BCUT2D eigenvalue weighted by Crippen LogP contribution is -2.32. The third-order valence-corrected chi connectivity index (χ3v) is 5.71. The van der Waals surface area contributed by atoms with Gasteiger partial charge in [0.05, 0.1) is 26.6 Å². The molecule has 2 aliphatic rings. The Hall–Kier alpha value is -2.15. The molecule has 0 spiro atoms. The zero-order chi connectivity index (χ0) is 18.4. The van der Waals surface area contributed by atoms with E-state index in [1.54, 1.807) is 41.3 Å². The summed E-state index contributed by atoms with van der Waals surface area (Å²) in [6.45, 7) is 0.713. The third-order valence-electron chi connectivity index (χ3n) is 4.97. The molecule has 1 amide bonds. The number of amides is 1. The SMILES string of the molecule is O=C1[C@H]2CCCN2[C@H](c2ccccc2[N+](=O)[O-])N1c1ccc(Cl)c(Cl)c1. The van der Waals surface area contributed by atoms with Crippen molar-refractivity contribution in [3.05, 3.63) is 68.2 Å². The quantitative estimate of drug-likeness (QED) is 0.573. The van der Waals surface area contributed by atoms with Crippen molar-refractivity contribution in [3.63, 3.8) is 0 Å². The summed E-state index contributed by atoms with van der Waals surface area (Å²) >= 11 is 12.1. The molecule has 2 aliphatic heterocycles. The molecule has 0 N–H and O–H groups in total. The summed E-state index contributed by atoms with van der Waals surface area (Å²) in [4.78, 5) is 27.9. The average molecular weight is 392 g/mol. The van der Waals surface area contributed by atoms with Gasteiger partial charge in [-0.2, -0.15) is 0 Å². The monoisotopic (exact) mass is 391 g/mol. The smallest absolute Gasteiger partial charge is 0.276 e. The van der Waals surface area contributed by atoms with E-state index >= 15 is 0 Å². The molecule has 0 aliphatic carbocycles. The summed E-state index contributed by atoms with van der Waals surface area (Å²) in [5.41, 5.74) is 1.09. The highest BCUT2D eigenvalue weighted by molar-refractivity contribution is 6.42. The number of carbonyl (C=O) groups excluding carboxylic acids is 1. The van der Waals surface area contributed by atoms with Gasteiger partial charge >= 0.3 is 0 Å². The zero-order valence-electron chi connectivity index (χ0n) is 13.6. The van der Waals surface area contributed by atoms with Crippen molar-refractivity contribution in [2.75, 3.05) is 11.4 Å². The first kappa shape index (κ1) is 17.3. The molecule has 134 valence electrons. The van der Waals surface area contributed by atoms with Crippen LogP contribution in [-0.2, 0) is 4.79 Å². The first-order chi connectivity index (χ1) is 12.5. The predicted octanol–water partition coefficient (Wildman–Crippen LogP) is 4.41. The summed E-state index contributed by atoms with van der Waals surface area (Å²) in [5, 5.41) is 12.3. The standard InChI is InChI=1S/C18H15Cl2N3O3/c19-13-8-7-11(10-14(13)20)22-17(21-9-3-6-16(21)18(22)24)12-4-1-2-5-15(12)23(25)26/h1-2,4-5,7-8,10,16-17H,3,6,9H2/t16-,17+/m1/s1. The molecule has 2 aromatic carbocycles. The van der Waals surface area contributed by atoms with Crippen LogP contribution in [0.25, 0.3) is 0 Å². The van der Waals surface area contributed by atoms with E-state index in [4.69, 9.17) is 23.2 Å². The fourth-order valence-corrected chi connectivity index (χ4v) is 4.16. The summed E-state index contributed by atoms with van der Waals surface area (Å²) in [5.74, 6) is -0.0657. The fourth-order valence-electron chi connectivity index (χ4n) is 3.87. The lowest BCUT2D eigenvalue weighted by atomic mass is 10.1. The Morgan fingerprint density at radius 1 is 1.12 bits per heavy atom. The van der Waals surface area contributed by atoms with Gasteiger partial charge in [-0.1, -0.05) is 35.3 Å². The fraction of sp³-hybridized carbons (Fsp3) is 0.278. The Labute approximate surface area is 160 Å². The Balaban J connectivity index is 1.87. The van der Waals surface area contributed by atoms with Crippen LogP contribution in [0.2, 0.25) is 10.0 Å². The van der Waals surface area contributed by atoms with Gasteiger partial charge in [-0.05, 0) is 37.1 Å². The molecular formula is C18H15Cl2N3O3. The maximum atomic E-state index is 13.1. The number of anilines is 1. The molecule has 26 heavy (non-hydrogen) atoms. The molecular weight excluding hydrogens is 377 g/mol. The molecule has 0 aromatic heterocycles. The largest absolute Gasteiger partial charge is 0.290 e. The van der Waals surface area contributed by atoms with Gasteiger partial charge in [0.15, 0.2) is 0 Å². The van der Waals surface area contributed by atoms with Crippen molar-refractivity contribution >= 4 is 40.5 Å². The Bertz CT molecular complexity index is 905. The van der Waals surface area contributed by atoms with E-state index in [1.807, 2.05) is 4.90 Å². The minimum Gasteiger partial charge on any atom is -0.290 e. The van der Waals surface area contributed by atoms with E-state index in [9.17, 15) is 14.9 Å². The lowest BCUT2D eigenvalue weighted by Gasteiger charge is -2.29. The number of benzene rings is 2. The number of rotatable bonds is 3. The minimum atomic E-state index is -0.533. The molecule has 4 rings (SSSR count). The van der Waals surface area contributed by atoms with Crippen LogP contribution in [0.3, 0.4) is 0 Å². The van der Waals surface area contributed by atoms with E-state index in [0.717, 1.165) is 12.8 Å². The van der Waals surface area contributed by atoms with Crippen LogP contribution < -0.4 is 4.90 Å². The number of hydrogen-bond donors (Lipinski definition) is 0. The first-order valence-electron chi connectivity index (χ1n) is 8.26. The first-order valence-corrected chi connectivity index (χ1v) is 9.02. The van der Waals surface area contributed by atoms with Crippen molar-refractivity contribution in [1.29, 1.82) is 0 Å². The zero-order valence-corrected chi connectivity index (χ0v) is 15.2. The number of nitrogens with zero attached hydrogens (tertiary/aromatic N) is 3. The summed E-state index contributed by atoms with van der Waals surface area (Å²) in [7, 11) is 0. The van der Waals surface area contributed by atoms with Crippen molar-refractivity contribution in [1.82, 2.24) is 4.90 Å². The number of fused-ring (bicyclic) bond motifs is 1. The molecule has 2 atom stereocenters. The second-order valence-electron chi connectivity index (χ2n) is 6.39. The molecule has 0 saturated carbocycles. The highest BCUT2D eigenvalue weighted by Gasteiger charge is 2.50. The summed E-state index contributed by atoms with van der Waals surface area (Å²) in [6, 6.07) is 11.3. The van der Waals surface area contributed by atoms with E-state index in [2.05, 4.69) is 0 Å². The molecule has 2 aromatic rings. The molecule has 2 saturated heterocycles. The van der Waals surface area contributed by atoms with Gasteiger partial charge in [-0.15, -0.1) is 0 Å². The van der Waals surface area contributed by atoms with Gasteiger partial charge in [-0.3, -0.25) is 24.7 Å². The molecule has 8 heteroatoms. The van der Waals surface area contributed by atoms with E-state index in [1.165, 1.54) is 6.07 Å². The maximum Gasteiger partial charge on any atom is 0.276 e. The Morgan fingerprint density at radius 2 is 1.88 bits per heavy atom. The molecule has 2 fully saturated rings. The Kier molecular flexibility index (Phi) is 4.34. The predicted molar refractivity (Wildman–Crippen MR) is 99.5 cm³/mol. The molecule has 0 radical (unpaired) electrons. The third kappa shape index (κ3) is 2.65. The van der Waals surface area contributed by atoms with Crippen LogP contribution in [0.15, 0.2) is 42.5 Å². The molecule has 0 unspecified atom stereocenters. The van der Waals surface area contributed by atoms with Crippen LogP contribution in [0, 0.1) is 10.1 Å². The number of carbonyl (C=O) groups is 1. The minimum absolute atomic E-state index is 0.00269. The second kappa shape index (κ2) is 6.54. The highest BCUT2D eigenvalue weighted by Crippen LogP contribution is 2.45. The maximum absolute atomic E-state index is 13.1. The number of hydrogen-bond acceptors (Lipinski definition) is 4. The van der Waals surface area contributed by atoms with Crippen molar-refractivity contribution in [2.45, 2.75) is 25.0 Å². The Morgan fingerprint density at radius 3 is 2.62 bits per heavy atom. The second-order valence-corrected chi connectivity index (χ2v) is 7.21. The lowest BCUT2D eigenvalue weighted by molar-refractivity contribution is -0.385. The van der Waals surface area contributed by atoms with E-state index < -0.39 is 11.1 Å². The number of nitro groups is 1. The van der Waals surface area contributed by atoms with Gasteiger partial charge in [0.25, 0.3) is 5.69 Å². The number of nitro benzene ring substituents is 1. The number of halogens is 2.